The molecule has 2 saturated heterocycles. The summed E-state index contributed by atoms with van der Waals surface area (Å²) >= 11 is 0. The Morgan fingerprint density at radius 1 is 1.23 bits per heavy atom. The van der Waals surface area contributed by atoms with Crippen molar-refractivity contribution in [1.29, 1.82) is 0 Å². The van der Waals surface area contributed by atoms with Crippen molar-refractivity contribution >= 4 is 11.8 Å². The van der Waals surface area contributed by atoms with Crippen molar-refractivity contribution in [3.05, 3.63) is 12.7 Å². The van der Waals surface area contributed by atoms with Crippen LogP contribution in [0.1, 0.15) is 59.8 Å². The first kappa shape index (κ1) is 24.2. The van der Waals surface area contributed by atoms with Crippen molar-refractivity contribution in [1.82, 2.24) is 15.5 Å². The Balaban J connectivity index is 1.66. The molecule has 0 bridgehead atoms. The number of carbonyl (C=O) groups is 2. The molecule has 2 aliphatic heterocycles. The predicted octanol–water partition coefficient (Wildman–Crippen LogP) is 2.98. The minimum absolute atomic E-state index is 0.0449. The molecule has 6 nitrogen and oxygen atoms in total. The molecule has 3 fully saturated rings. The van der Waals surface area contributed by atoms with Crippen molar-refractivity contribution in [2.45, 2.75) is 77.9 Å². The summed E-state index contributed by atoms with van der Waals surface area (Å²) in [6.45, 7) is 15.8. The summed E-state index contributed by atoms with van der Waals surface area (Å²) < 4.78 is 5.58. The van der Waals surface area contributed by atoms with Gasteiger partial charge in [0.1, 0.15) is 0 Å². The van der Waals surface area contributed by atoms with Crippen LogP contribution in [0.4, 0.5) is 0 Å². The number of nitrogens with zero attached hydrogens (tertiary/aromatic N) is 1. The first-order valence-electron chi connectivity index (χ1n) is 12.4. The highest BCUT2D eigenvalue weighted by Gasteiger charge is 2.42. The summed E-state index contributed by atoms with van der Waals surface area (Å²) in [5.74, 6) is 0.897. The van der Waals surface area contributed by atoms with Gasteiger partial charge in [0, 0.05) is 43.8 Å². The van der Waals surface area contributed by atoms with Crippen molar-refractivity contribution in [2.75, 3.05) is 26.3 Å². The lowest BCUT2D eigenvalue weighted by atomic mass is 9.70. The van der Waals surface area contributed by atoms with Gasteiger partial charge in [-0.15, -0.1) is 6.58 Å². The van der Waals surface area contributed by atoms with Gasteiger partial charge in [0.25, 0.3) is 0 Å². The molecule has 0 spiro atoms. The zero-order chi connectivity index (χ0) is 22.5. The van der Waals surface area contributed by atoms with Crippen LogP contribution in [0.5, 0.6) is 0 Å². The third kappa shape index (κ3) is 5.70. The fourth-order valence-electron chi connectivity index (χ4n) is 6.21. The summed E-state index contributed by atoms with van der Waals surface area (Å²) in [4.78, 5) is 28.4. The minimum Gasteiger partial charge on any atom is -0.381 e. The highest BCUT2D eigenvalue weighted by atomic mass is 16.5. The lowest BCUT2D eigenvalue weighted by molar-refractivity contribution is -0.132. The lowest BCUT2D eigenvalue weighted by Gasteiger charge is -2.48. The third-order valence-corrected chi connectivity index (χ3v) is 8.10. The second-order valence-corrected chi connectivity index (χ2v) is 10.1. The van der Waals surface area contributed by atoms with Crippen molar-refractivity contribution < 1.29 is 14.3 Å². The Morgan fingerprint density at radius 3 is 2.55 bits per heavy atom. The number of ether oxygens (including phenoxy) is 1. The largest absolute Gasteiger partial charge is 0.381 e. The molecular formula is C25H43N3O3. The Kier molecular flexibility index (Phi) is 8.57. The SMILES string of the molecule is C=CC1CC(C(=O)NCC2C(=O)NC(C)CC2C)C(C)C(N(CC)C2CCOCC2)C1. The first-order valence-corrected chi connectivity index (χ1v) is 12.4. The molecule has 3 rings (SSSR count). The zero-order valence-corrected chi connectivity index (χ0v) is 19.9. The number of nitrogens with one attached hydrogen (secondary N) is 2. The van der Waals surface area contributed by atoms with Crippen LogP contribution in [0.15, 0.2) is 12.7 Å². The maximum Gasteiger partial charge on any atom is 0.225 e. The molecule has 176 valence electrons. The second-order valence-electron chi connectivity index (χ2n) is 10.1. The van der Waals surface area contributed by atoms with Crippen LogP contribution in [-0.4, -0.2) is 61.1 Å². The molecule has 1 saturated carbocycles. The third-order valence-electron chi connectivity index (χ3n) is 8.10. The molecule has 0 aromatic heterocycles. The number of amides is 2. The Hall–Kier alpha value is -1.40. The standard InChI is InChI=1S/C25H43N3O3/c1-6-19-13-21(24(29)26-15-22-16(3)12-17(4)27-25(22)30)18(5)23(14-19)28(7-2)20-8-10-31-11-9-20/h6,16-23H,1,7-15H2,2-5H3,(H,26,29)(H,27,30). The van der Waals surface area contributed by atoms with E-state index in [9.17, 15) is 9.59 Å². The van der Waals surface area contributed by atoms with Crippen LogP contribution in [-0.2, 0) is 14.3 Å². The molecule has 2 amide bonds. The molecule has 2 heterocycles. The van der Waals surface area contributed by atoms with Gasteiger partial charge in [-0.2, -0.15) is 0 Å². The topological polar surface area (TPSA) is 70.7 Å². The van der Waals surface area contributed by atoms with E-state index in [0.717, 1.165) is 51.9 Å². The fourth-order valence-corrected chi connectivity index (χ4v) is 6.21. The van der Waals surface area contributed by atoms with Crippen molar-refractivity contribution in [2.24, 2.45) is 29.6 Å². The number of rotatable bonds is 7. The van der Waals surface area contributed by atoms with Gasteiger partial charge in [-0.3, -0.25) is 14.5 Å². The molecular weight excluding hydrogens is 390 g/mol. The average molecular weight is 434 g/mol. The van der Waals surface area contributed by atoms with Crippen LogP contribution in [0, 0.1) is 29.6 Å². The zero-order valence-electron chi connectivity index (χ0n) is 19.9. The van der Waals surface area contributed by atoms with E-state index in [1.54, 1.807) is 0 Å². The molecule has 1 aliphatic carbocycles. The molecule has 0 aromatic carbocycles. The quantitative estimate of drug-likeness (QED) is 0.606. The smallest absolute Gasteiger partial charge is 0.225 e. The van der Waals surface area contributed by atoms with Gasteiger partial charge >= 0.3 is 0 Å². The van der Waals surface area contributed by atoms with Gasteiger partial charge in [-0.1, -0.05) is 26.8 Å². The Labute approximate surface area is 188 Å². The normalized spacial score (nSPS) is 37.3. The summed E-state index contributed by atoms with van der Waals surface area (Å²) in [5.41, 5.74) is 0. The number of carbonyl (C=O) groups excluding carboxylic acids is 2. The van der Waals surface area contributed by atoms with Gasteiger partial charge in [-0.25, -0.2) is 0 Å². The van der Waals surface area contributed by atoms with E-state index in [0.29, 0.717) is 24.5 Å². The van der Waals surface area contributed by atoms with Crippen LogP contribution in [0.2, 0.25) is 0 Å². The number of hydrogen-bond acceptors (Lipinski definition) is 4. The summed E-state index contributed by atoms with van der Waals surface area (Å²) in [7, 11) is 0. The summed E-state index contributed by atoms with van der Waals surface area (Å²) in [5, 5.41) is 6.19. The van der Waals surface area contributed by atoms with Crippen LogP contribution in [0.3, 0.4) is 0 Å². The second kappa shape index (κ2) is 11.0. The summed E-state index contributed by atoms with van der Waals surface area (Å²) in [6.07, 6.45) is 7.05. The average Bonchev–Trinajstić information content (AvgIpc) is 2.75. The van der Waals surface area contributed by atoms with Crippen LogP contribution in [0.25, 0.3) is 0 Å². The van der Waals surface area contributed by atoms with E-state index in [1.165, 1.54) is 0 Å². The van der Waals surface area contributed by atoms with E-state index < -0.39 is 0 Å². The van der Waals surface area contributed by atoms with Crippen LogP contribution < -0.4 is 10.6 Å². The van der Waals surface area contributed by atoms with Gasteiger partial charge in [0.05, 0.1) is 5.92 Å². The monoisotopic (exact) mass is 433 g/mol. The fraction of sp³-hybridized carbons (Fsp3) is 0.840. The highest BCUT2D eigenvalue weighted by molar-refractivity contribution is 5.83. The minimum atomic E-state index is -0.139. The maximum absolute atomic E-state index is 13.3. The highest BCUT2D eigenvalue weighted by Crippen LogP contribution is 2.39. The van der Waals surface area contributed by atoms with E-state index in [-0.39, 0.29) is 41.5 Å². The van der Waals surface area contributed by atoms with Gasteiger partial charge < -0.3 is 15.4 Å². The van der Waals surface area contributed by atoms with E-state index in [4.69, 9.17) is 4.74 Å². The molecule has 6 heteroatoms. The predicted molar refractivity (Wildman–Crippen MR) is 123 cm³/mol. The first-order chi connectivity index (χ1) is 14.8. The molecule has 0 aromatic rings. The lowest BCUT2D eigenvalue weighted by Crippen LogP contribution is -2.55. The van der Waals surface area contributed by atoms with E-state index in [2.05, 4.69) is 42.9 Å². The van der Waals surface area contributed by atoms with Gasteiger partial charge in [0.2, 0.25) is 11.8 Å². The van der Waals surface area contributed by atoms with E-state index >= 15 is 0 Å². The molecule has 31 heavy (non-hydrogen) atoms. The number of piperidine rings is 1. The Morgan fingerprint density at radius 2 is 1.94 bits per heavy atom. The van der Waals surface area contributed by atoms with Crippen molar-refractivity contribution in [3.8, 4) is 0 Å². The number of allylic oxidation sites excluding steroid dienone is 1. The molecule has 0 radical (unpaired) electrons. The van der Waals surface area contributed by atoms with Crippen LogP contribution >= 0.6 is 0 Å². The van der Waals surface area contributed by atoms with Crippen molar-refractivity contribution in [3.63, 3.8) is 0 Å². The van der Waals surface area contributed by atoms with Gasteiger partial charge in [-0.05, 0) is 63.3 Å². The molecule has 2 N–H and O–H groups in total. The van der Waals surface area contributed by atoms with Gasteiger partial charge in [0.15, 0.2) is 0 Å². The Bertz CT molecular complexity index is 634. The number of hydrogen-bond donors (Lipinski definition) is 2. The molecule has 7 atom stereocenters. The molecule has 3 aliphatic rings. The van der Waals surface area contributed by atoms with E-state index in [1.807, 2.05) is 13.0 Å². The maximum atomic E-state index is 13.3. The summed E-state index contributed by atoms with van der Waals surface area (Å²) in [6, 6.07) is 1.12. The molecule has 7 unspecified atom stereocenters.